The zero-order chi connectivity index (χ0) is 18.6. The second-order valence-corrected chi connectivity index (χ2v) is 9.27. The van der Waals surface area contributed by atoms with E-state index in [9.17, 15) is 13.2 Å². The number of anilines is 2. The van der Waals surface area contributed by atoms with Crippen molar-refractivity contribution >= 4 is 55.3 Å². The lowest BCUT2D eigenvalue weighted by molar-refractivity contribution is -0.113. The Morgan fingerprint density at radius 3 is 2.73 bits per heavy atom. The summed E-state index contributed by atoms with van der Waals surface area (Å²) in [6, 6.07) is 7.38. The van der Waals surface area contributed by atoms with Gasteiger partial charge in [-0.05, 0) is 31.2 Å². The molecule has 1 aliphatic rings. The molecule has 0 spiro atoms. The third kappa shape index (κ3) is 5.02. The number of carbonyl (C=O) groups excluding carboxylic acids is 1. The van der Waals surface area contributed by atoms with Crippen LogP contribution in [0.15, 0.2) is 44.7 Å². The highest BCUT2D eigenvalue weighted by Crippen LogP contribution is 2.22. The minimum Gasteiger partial charge on any atom is -0.360 e. The molecule has 26 heavy (non-hydrogen) atoms. The lowest BCUT2D eigenvalue weighted by atomic mass is 10.3. The Balaban J connectivity index is 1.57. The first-order valence-corrected chi connectivity index (χ1v) is 11.0. The monoisotopic (exact) mass is 412 g/mol. The summed E-state index contributed by atoms with van der Waals surface area (Å²) in [6.45, 7) is 2.46. The average molecular weight is 413 g/mol. The molecule has 0 saturated carbocycles. The zero-order valence-electron chi connectivity index (χ0n) is 13.8. The lowest BCUT2D eigenvalue weighted by Crippen LogP contribution is -2.15. The summed E-state index contributed by atoms with van der Waals surface area (Å²) in [4.78, 5) is 16.3. The molecule has 0 atom stereocenters. The number of aryl methyl sites for hydroxylation is 1. The van der Waals surface area contributed by atoms with Crippen LogP contribution >= 0.6 is 23.5 Å². The van der Waals surface area contributed by atoms with Crippen molar-refractivity contribution in [1.29, 1.82) is 0 Å². The molecule has 2 N–H and O–H groups in total. The fourth-order valence-corrected chi connectivity index (χ4v) is 4.85. The number of carbonyl (C=O) groups is 1. The van der Waals surface area contributed by atoms with Crippen LogP contribution in [0.5, 0.6) is 0 Å². The Labute approximate surface area is 159 Å². The van der Waals surface area contributed by atoms with Gasteiger partial charge < -0.3 is 9.84 Å². The Hall–Kier alpha value is -1.98. The van der Waals surface area contributed by atoms with E-state index in [2.05, 4.69) is 20.2 Å². The summed E-state index contributed by atoms with van der Waals surface area (Å²) in [5, 5.41) is 6.33. The first kappa shape index (κ1) is 18.8. The number of hydrogen-bond acceptors (Lipinski definition) is 8. The van der Waals surface area contributed by atoms with Crippen molar-refractivity contribution in [1.82, 2.24) is 5.16 Å². The summed E-state index contributed by atoms with van der Waals surface area (Å²) >= 11 is 3.05. The number of nitrogens with zero attached hydrogens (tertiary/aromatic N) is 2. The number of hydrogen-bond donors (Lipinski definition) is 2. The first-order chi connectivity index (χ1) is 12.4. The largest absolute Gasteiger partial charge is 0.360 e. The van der Waals surface area contributed by atoms with Gasteiger partial charge in [0.2, 0.25) is 5.91 Å². The topological polar surface area (TPSA) is 114 Å². The van der Waals surface area contributed by atoms with Crippen LogP contribution in [0.2, 0.25) is 0 Å². The molecule has 0 saturated heterocycles. The Kier molecular flexibility index (Phi) is 5.89. The van der Waals surface area contributed by atoms with E-state index >= 15 is 0 Å². The molecule has 0 radical (unpaired) electrons. The molecule has 1 aromatic carbocycles. The smallest absolute Gasteiger partial charge is 0.263 e. The summed E-state index contributed by atoms with van der Waals surface area (Å²) < 4.78 is 32.7. The molecule has 138 valence electrons. The van der Waals surface area contributed by atoms with Crippen LogP contribution in [-0.4, -0.2) is 41.9 Å². The van der Waals surface area contributed by atoms with Gasteiger partial charge in [-0.25, -0.2) is 8.42 Å². The summed E-state index contributed by atoms with van der Waals surface area (Å²) in [6.07, 6.45) is 0. The molecule has 11 heteroatoms. The first-order valence-electron chi connectivity index (χ1n) is 7.58. The van der Waals surface area contributed by atoms with Gasteiger partial charge in [-0.1, -0.05) is 28.7 Å². The zero-order valence-corrected chi connectivity index (χ0v) is 16.2. The molecular weight excluding hydrogens is 396 g/mol. The predicted molar refractivity (Wildman–Crippen MR) is 104 cm³/mol. The highest BCUT2D eigenvalue weighted by atomic mass is 32.2. The van der Waals surface area contributed by atoms with E-state index in [0.29, 0.717) is 11.4 Å². The third-order valence-electron chi connectivity index (χ3n) is 3.20. The van der Waals surface area contributed by atoms with Gasteiger partial charge in [0.1, 0.15) is 10.1 Å². The molecule has 0 fully saturated rings. The number of rotatable bonds is 6. The van der Waals surface area contributed by atoms with Gasteiger partial charge in [0.15, 0.2) is 5.82 Å². The fourth-order valence-electron chi connectivity index (χ4n) is 2.06. The van der Waals surface area contributed by atoms with Gasteiger partial charge >= 0.3 is 0 Å². The number of thioether (sulfide) groups is 2. The molecule has 0 aliphatic carbocycles. The highest BCUT2D eigenvalue weighted by molar-refractivity contribution is 8.39. The van der Waals surface area contributed by atoms with Crippen molar-refractivity contribution in [2.45, 2.75) is 11.8 Å². The van der Waals surface area contributed by atoms with Gasteiger partial charge in [0, 0.05) is 17.5 Å². The lowest BCUT2D eigenvalue weighted by Gasteiger charge is -2.08. The molecule has 3 rings (SSSR count). The maximum atomic E-state index is 12.3. The summed E-state index contributed by atoms with van der Waals surface area (Å²) in [7, 11) is -3.77. The van der Waals surface area contributed by atoms with Crippen molar-refractivity contribution in [3.63, 3.8) is 0 Å². The van der Waals surface area contributed by atoms with E-state index in [0.717, 1.165) is 16.7 Å². The SMILES string of the molecule is Cc1cc(NS(=O)(=O)c2ccc(NC(=O)CSC3=NCCS3)cc2)no1. The minimum atomic E-state index is -3.77. The molecule has 1 aliphatic heterocycles. The van der Waals surface area contributed by atoms with Gasteiger partial charge in [-0.3, -0.25) is 14.5 Å². The predicted octanol–water partition coefficient (Wildman–Crippen LogP) is 2.56. The van der Waals surface area contributed by atoms with Crippen molar-refractivity contribution in [2.24, 2.45) is 4.99 Å². The van der Waals surface area contributed by atoms with Crippen LogP contribution < -0.4 is 10.0 Å². The number of amides is 1. The van der Waals surface area contributed by atoms with Gasteiger partial charge in [-0.2, -0.15) is 0 Å². The van der Waals surface area contributed by atoms with Crippen molar-refractivity contribution < 1.29 is 17.7 Å². The second-order valence-electron chi connectivity index (χ2n) is 5.29. The normalized spacial score (nSPS) is 14.1. The molecule has 1 amide bonds. The molecule has 8 nitrogen and oxygen atoms in total. The van der Waals surface area contributed by atoms with E-state index in [1.807, 2.05) is 0 Å². The van der Waals surface area contributed by atoms with Crippen LogP contribution in [0, 0.1) is 6.92 Å². The number of benzene rings is 1. The van der Waals surface area contributed by atoms with Gasteiger partial charge in [0.25, 0.3) is 10.0 Å². The second kappa shape index (κ2) is 8.14. The number of nitrogens with one attached hydrogen (secondary N) is 2. The Bertz CT molecular complexity index is 923. The average Bonchev–Trinajstić information content (AvgIpc) is 3.25. The van der Waals surface area contributed by atoms with Crippen molar-refractivity contribution in [3.05, 3.63) is 36.1 Å². The standard InChI is InChI=1S/C15H16N4O4S3/c1-10-8-13(18-23-10)19-26(21,22)12-4-2-11(3-5-12)17-14(20)9-25-15-16-6-7-24-15/h2-5,8H,6-7,9H2,1H3,(H,17,20)(H,18,19). The molecule has 0 bridgehead atoms. The van der Waals surface area contributed by atoms with Crippen LogP contribution in [0.3, 0.4) is 0 Å². The van der Waals surface area contributed by atoms with Crippen LogP contribution in [-0.2, 0) is 14.8 Å². The highest BCUT2D eigenvalue weighted by Gasteiger charge is 2.16. The third-order valence-corrected chi connectivity index (χ3v) is 6.82. The maximum Gasteiger partial charge on any atom is 0.263 e. The van der Waals surface area contributed by atoms with Crippen LogP contribution in [0.25, 0.3) is 0 Å². The maximum absolute atomic E-state index is 12.3. The number of sulfonamides is 1. The van der Waals surface area contributed by atoms with E-state index < -0.39 is 10.0 Å². The summed E-state index contributed by atoms with van der Waals surface area (Å²) in [5.74, 6) is 1.67. The molecular formula is C15H16N4O4S3. The van der Waals surface area contributed by atoms with E-state index in [4.69, 9.17) is 4.52 Å². The van der Waals surface area contributed by atoms with Crippen LogP contribution in [0.4, 0.5) is 11.5 Å². The van der Waals surface area contributed by atoms with Crippen LogP contribution in [0.1, 0.15) is 5.76 Å². The van der Waals surface area contributed by atoms with Crippen molar-refractivity contribution in [2.75, 3.05) is 28.1 Å². The summed E-state index contributed by atoms with van der Waals surface area (Å²) in [5.41, 5.74) is 0.521. The Morgan fingerprint density at radius 2 is 2.12 bits per heavy atom. The molecule has 1 aromatic heterocycles. The number of aliphatic imine (C=N–C) groups is 1. The Morgan fingerprint density at radius 1 is 1.35 bits per heavy atom. The van der Waals surface area contributed by atoms with E-state index in [1.54, 1.807) is 18.7 Å². The van der Waals surface area contributed by atoms with Crippen molar-refractivity contribution in [3.8, 4) is 0 Å². The number of aromatic nitrogens is 1. The molecule has 2 aromatic rings. The minimum absolute atomic E-state index is 0.0576. The molecule has 0 unspecified atom stereocenters. The molecule has 2 heterocycles. The van der Waals surface area contributed by atoms with Gasteiger partial charge in [0.05, 0.1) is 17.2 Å². The van der Waals surface area contributed by atoms with Gasteiger partial charge in [-0.15, -0.1) is 0 Å². The quantitative estimate of drug-likeness (QED) is 0.749. The van der Waals surface area contributed by atoms with E-state index in [1.165, 1.54) is 42.1 Å². The van der Waals surface area contributed by atoms with E-state index in [-0.39, 0.29) is 22.4 Å². The fraction of sp³-hybridized carbons (Fsp3) is 0.267.